The van der Waals surface area contributed by atoms with Crippen LogP contribution in [0.25, 0.3) is 0 Å². The minimum Gasteiger partial charge on any atom is -1.00 e. The Labute approximate surface area is 585 Å². The fourth-order valence-electron chi connectivity index (χ4n) is 12.4. The number of piperazine rings is 12. The van der Waals surface area contributed by atoms with Gasteiger partial charge in [0.05, 0.1) is 78.5 Å². The molecule has 480 valence electrons. The number of guanidine groups is 3. The predicted molar refractivity (Wildman–Crippen MR) is 371 cm³/mol. The van der Waals surface area contributed by atoms with Crippen molar-refractivity contribution < 1.29 is 61.4 Å². The van der Waals surface area contributed by atoms with E-state index in [2.05, 4.69) is 150 Å². The third kappa shape index (κ3) is 31.8. The number of alkyl halides is 3. The van der Waals surface area contributed by atoms with Gasteiger partial charge in [-0.25, -0.2) is 0 Å². The molecule has 84 heavy (non-hydrogen) atoms. The molecule has 0 amide bonds. The van der Waals surface area contributed by atoms with Gasteiger partial charge in [0.1, 0.15) is 0 Å². The lowest BCUT2D eigenvalue weighted by molar-refractivity contribution is -0.941. The van der Waals surface area contributed by atoms with E-state index in [1.165, 1.54) is 272 Å². The van der Waals surface area contributed by atoms with Crippen molar-refractivity contribution >= 4 is 85.7 Å². The second kappa shape index (κ2) is 46.3. The van der Waals surface area contributed by atoms with E-state index in [0.717, 1.165) is 38.9 Å². The number of nitrogens with one attached hydrogen (secondary N) is 2. The van der Waals surface area contributed by atoms with Gasteiger partial charge >= 0.3 is 0 Å². The van der Waals surface area contributed by atoms with Gasteiger partial charge in [0, 0.05) is 131 Å². The second-order valence-corrected chi connectivity index (χ2v) is 26.8. The lowest BCUT2D eigenvalue weighted by Gasteiger charge is -2.50. The van der Waals surface area contributed by atoms with E-state index >= 15 is 0 Å². The molecule has 10 N–H and O–H groups in total. The van der Waals surface area contributed by atoms with Crippen LogP contribution in [-0.4, -0.2) is 277 Å². The van der Waals surface area contributed by atoms with Crippen LogP contribution in [0.15, 0.2) is 70.6 Å². The van der Waals surface area contributed by atoms with E-state index in [9.17, 15) is 0 Å². The minimum absolute atomic E-state index is 0. The molecule has 2 aromatic rings. The van der Waals surface area contributed by atoms with Crippen molar-refractivity contribution in [1.82, 2.24) is 34.7 Å². The number of hydrogen-bond acceptors (Lipinski definition) is 9. The van der Waals surface area contributed by atoms with Crippen molar-refractivity contribution in [3.05, 3.63) is 71.8 Å². The number of quaternary nitrogens is 3. The average molecular weight is 1730 g/mol. The number of nitriles is 1. The van der Waals surface area contributed by atoms with Gasteiger partial charge in [0.15, 0.2) is 5.96 Å². The largest absolute Gasteiger partial charge is 1.00 e. The fraction of sp³-hybridized carbons (Fsp3) is 0.738. The number of aliphatic imine (C=N–C) groups is 2. The molecule has 0 spiro atoms. The third-order valence-corrected chi connectivity index (χ3v) is 20.2. The summed E-state index contributed by atoms with van der Waals surface area (Å²) in [6, 6.07) is 21.1. The highest BCUT2D eigenvalue weighted by Gasteiger charge is 2.40. The Balaban J connectivity index is 0.000000369. The number of nitrogens with two attached hydrogens (primary N) is 4. The maximum atomic E-state index is 8.23. The Morgan fingerprint density at radius 1 is 0.488 bits per heavy atom. The van der Waals surface area contributed by atoms with Crippen molar-refractivity contribution in [2.45, 2.75) is 71.6 Å². The summed E-state index contributed by atoms with van der Waals surface area (Å²) in [5.74, 6) is -0.0735. The molecule has 12 saturated heterocycles. The number of nitrogens with zero attached hydrogens (tertiary/aromatic N) is 12. The first kappa shape index (κ1) is 79.3. The highest BCUT2D eigenvalue weighted by Crippen LogP contribution is 2.23. The monoisotopic (exact) mass is 1730 g/mol. The summed E-state index contributed by atoms with van der Waals surface area (Å²) < 4.78 is 8.10. The van der Waals surface area contributed by atoms with Crippen molar-refractivity contribution in [2.75, 3.05) is 216 Å². The summed E-state index contributed by atoms with van der Waals surface area (Å²) in [5.41, 5.74) is 23.1. The Bertz CT molecular complexity index is 2000. The van der Waals surface area contributed by atoms with Crippen LogP contribution in [0.2, 0.25) is 0 Å². The molecule has 0 aromatic heterocycles. The second-order valence-electron chi connectivity index (χ2n) is 23.5. The maximum Gasteiger partial charge on any atom is 0.221 e. The first-order chi connectivity index (χ1) is 39.4. The number of fused-ring (bicyclic) bond motifs is 12. The molecule has 18 nitrogen and oxygen atoms in total. The highest BCUT2D eigenvalue weighted by atomic mass is 127. The van der Waals surface area contributed by atoms with Crippen LogP contribution in [0, 0.1) is 16.9 Å². The van der Waals surface area contributed by atoms with E-state index in [0.29, 0.717) is 0 Å². The smallest absolute Gasteiger partial charge is 0.221 e. The number of benzene rings is 2. The molecular weight excluding hydrogens is 1620 g/mol. The molecule has 0 aliphatic carbocycles. The van der Waals surface area contributed by atoms with Crippen molar-refractivity contribution in [3.63, 3.8) is 0 Å². The Hall–Kier alpha value is -0.770. The van der Waals surface area contributed by atoms with Gasteiger partial charge in [-0.3, -0.25) is 29.9 Å². The number of rotatable bonds is 23. The Morgan fingerprint density at radius 3 is 1.19 bits per heavy atom. The Kier molecular flexibility index (Phi) is 43.7. The first-order valence-corrected chi connectivity index (χ1v) is 35.5. The summed E-state index contributed by atoms with van der Waals surface area (Å²) in [7, 11) is 0. The van der Waals surface area contributed by atoms with Gasteiger partial charge in [-0.05, 0) is 75.9 Å². The molecule has 14 rings (SSSR count). The summed E-state index contributed by atoms with van der Waals surface area (Å²) in [6.07, 6.45) is 14.4. The van der Waals surface area contributed by atoms with Gasteiger partial charge in [0.2, 0.25) is 18.1 Å². The average Bonchev–Trinajstić information content (AvgIpc) is 3.12. The van der Waals surface area contributed by atoms with Crippen molar-refractivity contribution in [2.24, 2.45) is 32.9 Å². The van der Waals surface area contributed by atoms with Gasteiger partial charge in [-0.1, -0.05) is 142 Å². The fourth-order valence-corrected chi connectivity index (χ4v) is 14.0. The molecule has 0 saturated carbocycles. The van der Waals surface area contributed by atoms with Crippen molar-refractivity contribution in [3.8, 4) is 6.19 Å². The van der Waals surface area contributed by atoms with E-state index in [1.54, 1.807) is 0 Å². The summed E-state index contributed by atoms with van der Waals surface area (Å²) >= 11 is 7.34. The maximum absolute atomic E-state index is 8.23. The minimum atomic E-state index is -0.197. The summed E-state index contributed by atoms with van der Waals surface area (Å²) in [5, 5.41) is 19.5. The molecule has 23 heteroatoms. The van der Waals surface area contributed by atoms with Gasteiger partial charge in [-0.2, -0.15) is 10.3 Å². The zero-order valence-corrected chi connectivity index (χ0v) is 61.2. The normalized spacial score (nSPS) is 25.9. The lowest BCUT2D eigenvalue weighted by Crippen LogP contribution is -3.00. The molecule has 2 aromatic carbocycles. The molecule has 12 aliphatic rings. The van der Waals surface area contributed by atoms with Gasteiger partial charge < -0.3 is 94.6 Å². The highest BCUT2D eigenvalue weighted by molar-refractivity contribution is 14.1. The topological polar surface area (TPSA) is 208 Å². The molecule has 8 bridgehead atoms. The van der Waals surface area contributed by atoms with Gasteiger partial charge in [-0.15, -0.1) is 4.99 Å². The van der Waals surface area contributed by atoms with Crippen LogP contribution in [0.5, 0.6) is 0 Å². The molecule has 0 radical (unpaired) electrons. The molecule has 12 aliphatic heterocycles. The van der Waals surface area contributed by atoms with Crippen LogP contribution in [0.4, 0.5) is 0 Å². The molecular formula is C61H112I5N18+. The van der Waals surface area contributed by atoms with E-state index in [-0.39, 0.29) is 73.3 Å². The number of hydrogen-bond donors (Lipinski definition) is 6. The SMILES string of the molecule is C.C1CN2CCN1CC2.ICCCCCI.ICCCCC[N+]12CCN(CC1)CC2.N#CN=C(N)N.N=C(N=C(N)N)N(CCC[N+]12CCN(CC1)CC2)CCc1ccccc1.[I-].[I-].c1ccc(CCNCCC[N+]23CCN(CC2)CC3)cc1. The zero-order chi connectivity index (χ0) is 57.9. The van der Waals surface area contributed by atoms with E-state index in [4.69, 9.17) is 33.6 Å². The third-order valence-electron chi connectivity index (χ3n) is 18.0. The van der Waals surface area contributed by atoms with Crippen LogP contribution in [0.1, 0.15) is 69.9 Å². The zero-order valence-electron chi connectivity index (χ0n) is 50.5. The molecule has 0 unspecified atom stereocenters. The molecule has 0 atom stereocenters. The molecule has 12 fully saturated rings. The van der Waals surface area contributed by atoms with Gasteiger partial charge in [0.25, 0.3) is 0 Å². The lowest BCUT2D eigenvalue weighted by atomic mass is 10.1. The van der Waals surface area contributed by atoms with Crippen molar-refractivity contribution in [1.29, 1.82) is 10.7 Å². The molecule has 12 heterocycles. The number of unbranched alkanes of at least 4 members (excludes halogenated alkanes) is 4. The first-order valence-electron chi connectivity index (χ1n) is 31.0. The summed E-state index contributed by atoms with van der Waals surface area (Å²) in [4.78, 5) is 21.8. The standard InChI is InChI=1S/C19H32N7.C17H28N3.C11H22IN2.C6H12N2.C5H10I2.C2H4N4.CH4.2HI/c20-18(21)23-19(22)25(9-7-17-5-2-1-3-6-17)8-4-13-26-14-10-24(11-15-26)12-16-26;1-2-5-17(6-3-1)7-9-18-8-4-13-20-14-10-19(11-15-20)12-16-20;12-4-2-1-3-8-14-9-5-13(6-10-14)7-11-14;1-2-8-5-3-7(1)4-6-8;6-4-2-1-3-5-7;3-1-6-2(4)5;;;/h1-3,5-6H,4,7-16H2,(H5,20,21,22,23);1-3,5-6,18H,4,7-16H2;1-11H2;1-6H2;1-5H2;(H4,4,5,6);1H4;2*1H/q3*+1;;;;;;/p-2. The summed E-state index contributed by atoms with van der Waals surface area (Å²) in [6.45, 7) is 39.9. The van der Waals surface area contributed by atoms with E-state index < -0.39 is 0 Å². The quantitative estimate of drug-likeness (QED) is 0.0157. The predicted octanol–water partition coefficient (Wildman–Crippen LogP) is -0.603. The van der Waals surface area contributed by atoms with Crippen LogP contribution in [-0.2, 0) is 12.8 Å². The Morgan fingerprint density at radius 2 is 0.845 bits per heavy atom. The van der Waals surface area contributed by atoms with Crippen LogP contribution >= 0.6 is 67.8 Å². The number of halogens is 5. The van der Waals surface area contributed by atoms with Crippen LogP contribution in [0.3, 0.4) is 0 Å². The van der Waals surface area contributed by atoms with E-state index in [1.807, 2.05) is 23.1 Å². The van der Waals surface area contributed by atoms with Crippen LogP contribution < -0.4 is 76.2 Å².